The summed E-state index contributed by atoms with van der Waals surface area (Å²) < 4.78 is 7.41. The normalized spacial score (nSPS) is 30.1. The summed E-state index contributed by atoms with van der Waals surface area (Å²) in [5.41, 5.74) is 2.07. The molecule has 3 fully saturated rings. The molecule has 2 saturated heterocycles. The number of aryl methyl sites for hydroxylation is 2. The van der Waals surface area contributed by atoms with Crippen molar-refractivity contribution in [3.8, 4) is 11.5 Å². The van der Waals surface area contributed by atoms with Crippen LogP contribution in [0.25, 0.3) is 0 Å². The summed E-state index contributed by atoms with van der Waals surface area (Å²) in [6, 6.07) is 3.88. The number of rotatable bonds is 7. The quantitative estimate of drug-likeness (QED) is 0.630. The lowest BCUT2D eigenvalue weighted by atomic mass is 9.57. The lowest BCUT2D eigenvalue weighted by Gasteiger charge is -2.58. The molecule has 3 atom stereocenters. The van der Waals surface area contributed by atoms with Crippen LogP contribution in [-0.4, -0.2) is 81.3 Å². The van der Waals surface area contributed by atoms with E-state index in [9.17, 15) is 10.2 Å². The van der Waals surface area contributed by atoms with Crippen LogP contribution in [0.3, 0.4) is 0 Å². The molecule has 5 rings (SSSR count). The molecule has 1 aromatic heterocycles. The van der Waals surface area contributed by atoms with Crippen LogP contribution < -0.4 is 4.74 Å². The molecule has 2 aromatic rings. The minimum absolute atomic E-state index is 0.0641. The van der Waals surface area contributed by atoms with Crippen LogP contribution in [0.5, 0.6) is 11.5 Å². The summed E-state index contributed by atoms with van der Waals surface area (Å²) in [5.74, 6) is 1.45. The third kappa shape index (κ3) is 4.47. The SMILES string of the molecule is COc1cc(C)c(C23CCN(CCn4cc(C)cn4)CCC2(O)C(C)N(CC2CC2)CC3)cc1O. The number of likely N-dealkylation sites (tertiary alicyclic amines) is 2. The van der Waals surface area contributed by atoms with E-state index in [4.69, 9.17) is 4.74 Å². The van der Waals surface area contributed by atoms with E-state index >= 15 is 0 Å². The zero-order chi connectivity index (χ0) is 24.8. The van der Waals surface area contributed by atoms with Crippen LogP contribution in [0.15, 0.2) is 24.5 Å². The van der Waals surface area contributed by atoms with E-state index in [1.165, 1.54) is 18.4 Å². The molecule has 2 aliphatic heterocycles. The number of hydrogen-bond acceptors (Lipinski definition) is 6. The smallest absolute Gasteiger partial charge is 0.160 e. The first kappa shape index (κ1) is 24.6. The fraction of sp³-hybridized carbons (Fsp3) is 0.679. The number of aliphatic hydroxyl groups is 1. The molecule has 2 N–H and O–H groups in total. The Labute approximate surface area is 209 Å². The fourth-order valence-corrected chi connectivity index (χ4v) is 6.82. The van der Waals surface area contributed by atoms with Crippen molar-refractivity contribution in [1.29, 1.82) is 0 Å². The van der Waals surface area contributed by atoms with Gasteiger partial charge in [-0.05, 0) is 101 Å². The van der Waals surface area contributed by atoms with Crippen LogP contribution >= 0.6 is 0 Å². The summed E-state index contributed by atoms with van der Waals surface area (Å²) in [5, 5.41) is 27.9. The number of fused-ring (bicyclic) bond motifs is 1. The van der Waals surface area contributed by atoms with E-state index in [1.807, 2.05) is 23.0 Å². The maximum absolute atomic E-state index is 12.7. The molecule has 0 spiro atoms. The minimum atomic E-state index is -0.872. The summed E-state index contributed by atoms with van der Waals surface area (Å²) in [4.78, 5) is 5.03. The zero-order valence-corrected chi connectivity index (χ0v) is 21.8. The molecule has 3 unspecified atom stereocenters. The van der Waals surface area contributed by atoms with Gasteiger partial charge in [0.2, 0.25) is 0 Å². The van der Waals surface area contributed by atoms with Gasteiger partial charge in [0.15, 0.2) is 11.5 Å². The number of phenolic OH excluding ortho intramolecular Hbond substituents is 1. The molecular weight excluding hydrogens is 440 g/mol. The molecule has 0 radical (unpaired) electrons. The molecule has 3 aliphatic rings. The van der Waals surface area contributed by atoms with Gasteiger partial charge in [-0.3, -0.25) is 9.58 Å². The molecule has 35 heavy (non-hydrogen) atoms. The standard InChI is InChI=1S/C28H42N4O3/c1-20-17-29-32(18-20)14-13-30-10-7-27(24-16-25(33)26(35-4)15-21(24)2)8-12-31(19-23-5-6-23)22(3)28(27,34)9-11-30/h15-18,22-23,33-34H,5-14,19H2,1-4H3. The van der Waals surface area contributed by atoms with Gasteiger partial charge in [-0.25, -0.2) is 0 Å². The van der Waals surface area contributed by atoms with Crippen LogP contribution in [0.1, 0.15) is 55.7 Å². The van der Waals surface area contributed by atoms with Gasteiger partial charge in [-0.2, -0.15) is 5.10 Å². The molecule has 192 valence electrons. The van der Waals surface area contributed by atoms with Crippen molar-refractivity contribution in [2.45, 2.75) is 76.5 Å². The second kappa shape index (κ2) is 9.41. The van der Waals surface area contributed by atoms with Gasteiger partial charge in [0, 0.05) is 37.3 Å². The minimum Gasteiger partial charge on any atom is -0.504 e. The van der Waals surface area contributed by atoms with Gasteiger partial charge in [-0.1, -0.05) is 0 Å². The molecule has 7 nitrogen and oxygen atoms in total. The summed E-state index contributed by atoms with van der Waals surface area (Å²) >= 11 is 0. The van der Waals surface area contributed by atoms with E-state index < -0.39 is 11.0 Å². The Hall–Kier alpha value is -2.09. The first-order chi connectivity index (χ1) is 16.8. The molecule has 1 saturated carbocycles. The second-order valence-corrected chi connectivity index (χ2v) is 11.3. The van der Waals surface area contributed by atoms with Crippen LogP contribution in [-0.2, 0) is 12.0 Å². The van der Waals surface area contributed by atoms with Crippen molar-refractivity contribution in [3.63, 3.8) is 0 Å². The Morgan fingerprint density at radius 2 is 1.83 bits per heavy atom. The monoisotopic (exact) mass is 482 g/mol. The summed E-state index contributed by atoms with van der Waals surface area (Å²) in [7, 11) is 1.59. The van der Waals surface area contributed by atoms with Gasteiger partial charge in [0.25, 0.3) is 0 Å². The topological polar surface area (TPSA) is 74.0 Å². The predicted octanol–water partition coefficient (Wildman–Crippen LogP) is 3.48. The highest BCUT2D eigenvalue weighted by molar-refractivity contribution is 5.50. The van der Waals surface area contributed by atoms with Crippen molar-refractivity contribution in [2.75, 3.05) is 39.8 Å². The van der Waals surface area contributed by atoms with Crippen LogP contribution in [0, 0.1) is 19.8 Å². The predicted molar refractivity (Wildman–Crippen MR) is 137 cm³/mol. The first-order valence-electron chi connectivity index (χ1n) is 13.3. The maximum Gasteiger partial charge on any atom is 0.160 e. The van der Waals surface area contributed by atoms with Gasteiger partial charge >= 0.3 is 0 Å². The summed E-state index contributed by atoms with van der Waals surface area (Å²) in [6.45, 7) is 12.0. The van der Waals surface area contributed by atoms with E-state index in [0.29, 0.717) is 5.75 Å². The number of nitrogens with zero attached hydrogens (tertiary/aromatic N) is 4. The van der Waals surface area contributed by atoms with E-state index in [1.54, 1.807) is 7.11 Å². The van der Waals surface area contributed by atoms with Crippen molar-refractivity contribution in [1.82, 2.24) is 19.6 Å². The Kier molecular flexibility index (Phi) is 6.62. The first-order valence-corrected chi connectivity index (χ1v) is 13.3. The number of benzene rings is 1. The van der Waals surface area contributed by atoms with Gasteiger partial charge in [0.05, 0.1) is 25.5 Å². The number of phenols is 1. The zero-order valence-electron chi connectivity index (χ0n) is 21.8. The molecule has 7 heteroatoms. The third-order valence-electron chi connectivity index (χ3n) is 9.20. The van der Waals surface area contributed by atoms with E-state index in [0.717, 1.165) is 75.6 Å². The van der Waals surface area contributed by atoms with E-state index in [-0.39, 0.29) is 11.8 Å². The number of hydrogen-bond donors (Lipinski definition) is 2. The lowest BCUT2D eigenvalue weighted by Crippen LogP contribution is -2.68. The maximum atomic E-state index is 12.7. The fourth-order valence-electron chi connectivity index (χ4n) is 6.82. The Bertz CT molecular complexity index is 1050. The second-order valence-electron chi connectivity index (χ2n) is 11.3. The number of methoxy groups -OCH3 is 1. The summed E-state index contributed by atoms with van der Waals surface area (Å²) in [6.07, 6.45) is 9.13. The van der Waals surface area contributed by atoms with Gasteiger partial charge in [-0.15, -0.1) is 0 Å². The Morgan fingerprint density at radius 3 is 2.51 bits per heavy atom. The highest BCUT2D eigenvalue weighted by atomic mass is 16.5. The van der Waals surface area contributed by atoms with Crippen molar-refractivity contribution < 1.29 is 14.9 Å². The lowest BCUT2D eigenvalue weighted by molar-refractivity contribution is -0.136. The molecule has 0 bridgehead atoms. The van der Waals surface area contributed by atoms with Gasteiger partial charge < -0.3 is 19.8 Å². The molecule has 3 heterocycles. The number of piperidine rings is 1. The van der Waals surface area contributed by atoms with Gasteiger partial charge in [0.1, 0.15) is 0 Å². The highest BCUT2D eigenvalue weighted by Crippen LogP contribution is 2.53. The van der Waals surface area contributed by atoms with Crippen LogP contribution in [0.4, 0.5) is 0 Å². The average molecular weight is 483 g/mol. The van der Waals surface area contributed by atoms with Crippen molar-refractivity contribution >= 4 is 0 Å². The Morgan fingerprint density at radius 1 is 1.09 bits per heavy atom. The van der Waals surface area contributed by atoms with E-state index in [2.05, 4.69) is 41.9 Å². The number of aromatic hydroxyl groups is 1. The average Bonchev–Trinajstić information content (AvgIpc) is 3.59. The molecule has 0 amide bonds. The molecular formula is C28H42N4O3. The third-order valence-corrected chi connectivity index (χ3v) is 9.20. The number of ether oxygens (including phenoxy) is 1. The van der Waals surface area contributed by atoms with Crippen LogP contribution in [0.2, 0.25) is 0 Å². The highest BCUT2D eigenvalue weighted by Gasteiger charge is 2.59. The molecule has 1 aliphatic carbocycles. The Balaban J connectivity index is 1.47. The van der Waals surface area contributed by atoms with Crippen molar-refractivity contribution in [3.05, 3.63) is 41.2 Å². The largest absolute Gasteiger partial charge is 0.504 e. The molecule has 1 aromatic carbocycles. The number of aromatic nitrogens is 2. The van der Waals surface area contributed by atoms with Crippen molar-refractivity contribution in [2.24, 2.45) is 5.92 Å².